The fraction of sp³-hybridized carbons (Fsp3) is 0. The molecule has 10 rings (SSSR count). The van der Waals surface area contributed by atoms with Crippen molar-refractivity contribution in [1.29, 1.82) is 0 Å². The van der Waals surface area contributed by atoms with Gasteiger partial charge < -0.3 is 4.57 Å². The molecule has 0 amide bonds. The summed E-state index contributed by atoms with van der Waals surface area (Å²) in [5.74, 6) is 1.94. The number of aromatic nitrogens is 4. The van der Waals surface area contributed by atoms with Crippen molar-refractivity contribution in [2.45, 2.75) is 0 Å². The van der Waals surface area contributed by atoms with Crippen LogP contribution in [0.2, 0.25) is 0 Å². The van der Waals surface area contributed by atoms with Crippen molar-refractivity contribution < 1.29 is 0 Å². The highest BCUT2D eigenvalue weighted by atomic mass is 15.0. The molecule has 0 atom stereocenters. The zero-order chi connectivity index (χ0) is 33.7. The zero-order valence-corrected chi connectivity index (χ0v) is 27.6. The Bertz CT molecular complexity index is 2830. The van der Waals surface area contributed by atoms with Crippen LogP contribution in [0.4, 0.5) is 0 Å². The summed E-state index contributed by atoms with van der Waals surface area (Å²) in [6.45, 7) is 0. The standard InChI is InChI=1S/C47H30N4/c1-3-14-33(15-4-1)45-48-46(34-16-5-2-6-17-34)50-47(49-45)44-38-20-10-9-13-31(38)25-28-39(44)32-23-26-37(27-24-32)51-42-22-12-11-21-40(42)41-29-35-18-7-8-19-36(35)30-43(41)51/h1-30H. The van der Waals surface area contributed by atoms with Gasteiger partial charge in [0, 0.05) is 33.2 Å². The molecule has 0 unspecified atom stereocenters. The molecular formula is C47H30N4. The van der Waals surface area contributed by atoms with Crippen LogP contribution in [-0.4, -0.2) is 19.5 Å². The minimum absolute atomic E-state index is 0.646. The van der Waals surface area contributed by atoms with Crippen LogP contribution in [0.5, 0.6) is 0 Å². The Hall–Kier alpha value is -6.91. The highest BCUT2D eigenvalue weighted by molar-refractivity contribution is 6.13. The smallest absolute Gasteiger partial charge is 0.165 e. The molecule has 0 radical (unpaired) electrons. The average Bonchev–Trinajstić information content (AvgIpc) is 3.53. The topological polar surface area (TPSA) is 43.6 Å². The first-order valence-electron chi connectivity index (χ1n) is 17.2. The first-order valence-corrected chi connectivity index (χ1v) is 17.2. The SMILES string of the molecule is c1ccc(-c2nc(-c3ccccc3)nc(-c3c(-c4ccc(-n5c6ccccc6c6cc7ccccc7cc65)cc4)ccc4ccccc34)n2)cc1. The van der Waals surface area contributed by atoms with E-state index in [1.807, 2.05) is 60.7 Å². The first kappa shape index (κ1) is 29.0. The fourth-order valence-corrected chi connectivity index (χ4v) is 7.40. The maximum Gasteiger partial charge on any atom is 0.165 e. The van der Waals surface area contributed by atoms with E-state index in [0.717, 1.165) is 44.3 Å². The Balaban J connectivity index is 1.17. The van der Waals surface area contributed by atoms with E-state index in [4.69, 9.17) is 15.0 Å². The van der Waals surface area contributed by atoms with Gasteiger partial charge in [-0.25, -0.2) is 15.0 Å². The van der Waals surface area contributed by atoms with Crippen molar-refractivity contribution in [2.24, 2.45) is 0 Å². The van der Waals surface area contributed by atoms with Gasteiger partial charge in [0.2, 0.25) is 0 Å². The van der Waals surface area contributed by atoms with Crippen LogP contribution in [0.1, 0.15) is 0 Å². The van der Waals surface area contributed by atoms with Gasteiger partial charge in [-0.2, -0.15) is 0 Å². The fourth-order valence-electron chi connectivity index (χ4n) is 7.40. The van der Waals surface area contributed by atoms with Gasteiger partial charge in [0.15, 0.2) is 17.5 Å². The predicted molar refractivity (Wildman–Crippen MR) is 211 cm³/mol. The maximum atomic E-state index is 5.16. The molecule has 8 aromatic carbocycles. The van der Waals surface area contributed by atoms with E-state index >= 15 is 0 Å². The van der Waals surface area contributed by atoms with E-state index in [9.17, 15) is 0 Å². The Morgan fingerprint density at radius 2 is 0.882 bits per heavy atom. The van der Waals surface area contributed by atoms with Crippen molar-refractivity contribution in [2.75, 3.05) is 0 Å². The summed E-state index contributed by atoms with van der Waals surface area (Å²) >= 11 is 0. The van der Waals surface area contributed by atoms with Crippen LogP contribution < -0.4 is 0 Å². The van der Waals surface area contributed by atoms with Gasteiger partial charge in [0.05, 0.1) is 11.0 Å². The maximum absolute atomic E-state index is 5.16. The van der Waals surface area contributed by atoms with E-state index in [1.54, 1.807) is 0 Å². The summed E-state index contributed by atoms with van der Waals surface area (Å²) in [5, 5.41) is 7.21. The average molecular weight is 651 g/mol. The second kappa shape index (κ2) is 11.9. The lowest BCUT2D eigenvalue weighted by Gasteiger charge is -2.15. The Morgan fingerprint density at radius 3 is 1.57 bits per heavy atom. The lowest BCUT2D eigenvalue weighted by molar-refractivity contribution is 1.08. The van der Waals surface area contributed by atoms with Crippen molar-refractivity contribution >= 4 is 43.4 Å². The number of fused-ring (bicyclic) bond motifs is 5. The highest BCUT2D eigenvalue weighted by Crippen LogP contribution is 2.40. The molecule has 51 heavy (non-hydrogen) atoms. The summed E-state index contributed by atoms with van der Waals surface area (Å²) < 4.78 is 2.38. The van der Waals surface area contributed by atoms with Crippen molar-refractivity contribution in [3.63, 3.8) is 0 Å². The number of hydrogen-bond donors (Lipinski definition) is 0. The van der Waals surface area contributed by atoms with E-state index in [1.165, 1.54) is 32.6 Å². The molecule has 2 heterocycles. The van der Waals surface area contributed by atoms with Gasteiger partial charge >= 0.3 is 0 Å². The first-order chi connectivity index (χ1) is 25.3. The Kier molecular flexibility index (Phi) is 6.78. The summed E-state index contributed by atoms with van der Waals surface area (Å²) in [6.07, 6.45) is 0. The van der Waals surface area contributed by atoms with Gasteiger partial charge in [-0.1, -0.05) is 152 Å². The van der Waals surface area contributed by atoms with E-state index in [2.05, 4.69) is 126 Å². The Morgan fingerprint density at radius 1 is 0.333 bits per heavy atom. The van der Waals surface area contributed by atoms with Gasteiger partial charge in [-0.3, -0.25) is 0 Å². The normalized spacial score (nSPS) is 11.5. The lowest BCUT2D eigenvalue weighted by atomic mass is 9.93. The molecule has 10 aromatic rings. The molecule has 0 aliphatic heterocycles. The van der Waals surface area contributed by atoms with Gasteiger partial charge in [0.25, 0.3) is 0 Å². The Labute approximate surface area is 295 Å². The second-order valence-corrected chi connectivity index (χ2v) is 12.9. The molecule has 0 fully saturated rings. The molecule has 0 N–H and O–H groups in total. The van der Waals surface area contributed by atoms with Crippen LogP contribution in [0.3, 0.4) is 0 Å². The molecule has 0 saturated heterocycles. The monoisotopic (exact) mass is 650 g/mol. The van der Waals surface area contributed by atoms with E-state index in [0.29, 0.717) is 17.5 Å². The van der Waals surface area contributed by atoms with Crippen LogP contribution in [0.25, 0.3) is 94.3 Å². The molecular weight excluding hydrogens is 621 g/mol. The molecule has 0 aliphatic carbocycles. The summed E-state index contributed by atoms with van der Waals surface area (Å²) in [5.41, 5.74) is 8.54. The molecule has 238 valence electrons. The summed E-state index contributed by atoms with van der Waals surface area (Å²) in [4.78, 5) is 15.3. The molecule has 0 aliphatic rings. The van der Waals surface area contributed by atoms with Gasteiger partial charge in [-0.05, 0) is 63.0 Å². The van der Waals surface area contributed by atoms with Crippen LogP contribution in [-0.2, 0) is 0 Å². The third-order valence-electron chi connectivity index (χ3n) is 9.83. The predicted octanol–water partition coefficient (Wildman–Crippen LogP) is 11.9. The zero-order valence-electron chi connectivity index (χ0n) is 27.6. The van der Waals surface area contributed by atoms with E-state index in [-0.39, 0.29) is 0 Å². The van der Waals surface area contributed by atoms with Crippen LogP contribution in [0.15, 0.2) is 182 Å². The quantitative estimate of drug-likeness (QED) is 0.186. The van der Waals surface area contributed by atoms with Gasteiger partial charge in [-0.15, -0.1) is 0 Å². The molecule has 4 heteroatoms. The largest absolute Gasteiger partial charge is 0.309 e. The summed E-state index contributed by atoms with van der Waals surface area (Å²) in [7, 11) is 0. The van der Waals surface area contributed by atoms with Crippen molar-refractivity contribution in [3.05, 3.63) is 182 Å². The van der Waals surface area contributed by atoms with Crippen LogP contribution in [0, 0.1) is 0 Å². The number of para-hydroxylation sites is 1. The third-order valence-corrected chi connectivity index (χ3v) is 9.83. The highest BCUT2D eigenvalue weighted by Gasteiger charge is 2.19. The number of benzene rings is 8. The number of nitrogens with zero attached hydrogens (tertiary/aromatic N) is 4. The minimum atomic E-state index is 0.646. The summed E-state index contributed by atoms with van der Waals surface area (Å²) in [6, 6.07) is 64.0. The minimum Gasteiger partial charge on any atom is -0.309 e. The molecule has 4 nitrogen and oxygen atoms in total. The van der Waals surface area contributed by atoms with E-state index < -0.39 is 0 Å². The van der Waals surface area contributed by atoms with Crippen LogP contribution >= 0.6 is 0 Å². The molecule has 0 bridgehead atoms. The number of hydrogen-bond acceptors (Lipinski definition) is 3. The molecule has 0 spiro atoms. The molecule has 2 aromatic heterocycles. The lowest BCUT2D eigenvalue weighted by Crippen LogP contribution is -2.01. The third kappa shape index (κ3) is 4.96. The second-order valence-electron chi connectivity index (χ2n) is 12.9. The van der Waals surface area contributed by atoms with Crippen molar-refractivity contribution in [1.82, 2.24) is 19.5 Å². The van der Waals surface area contributed by atoms with Crippen molar-refractivity contribution in [3.8, 4) is 51.0 Å². The van der Waals surface area contributed by atoms with Gasteiger partial charge in [0.1, 0.15) is 0 Å². The molecule has 0 saturated carbocycles. The number of rotatable bonds is 5.